The van der Waals surface area contributed by atoms with E-state index >= 15 is 0 Å². The topological polar surface area (TPSA) is 68.1 Å². The molecular weight excluding hydrogens is 250 g/mol. The summed E-state index contributed by atoms with van der Waals surface area (Å²) in [5, 5.41) is 16.8. The fourth-order valence-corrected chi connectivity index (χ4v) is 2.17. The quantitative estimate of drug-likeness (QED) is 0.665. The fourth-order valence-electron chi connectivity index (χ4n) is 1.56. The maximum absolute atomic E-state index is 10.5. The maximum atomic E-state index is 10.5. The predicted octanol–water partition coefficient (Wildman–Crippen LogP) is 2.65. The van der Waals surface area contributed by atoms with Crippen LogP contribution in [0.4, 0.5) is 5.69 Å². The molecule has 0 unspecified atom stereocenters. The zero-order chi connectivity index (χ0) is 13.0. The Balaban J connectivity index is 1.85. The lowest BCUT2D eigenvalue weighted by Crippen LogP contribution is -2.12. The van der Waals surface area contributed by atoms with Gasteiger partial charge in [0.25, 0.3) is 5.69 Å². The minimum atomic E-state index is -0.394. The highest BCUT2D eigenvalue weighted by Crippen LogP contribution is 2.12. The summed E-state index contributed by atoms with van der Waals surface area (Å²) in [7, 11) is 0. The van der Waals surface area contributed by atoms with Crippen LogP contribution in [0.3, 0.4) is 0 Å². The van der Waals surface area contributed by atoms with Crippen molar-refractivity contribution in [1.29, 1.82) is 0 Å². The molecule has 0 saturated carbocycles. The SMILES string of the molecule is Cc1nc(CNCc2ccc([N+](=O)[O-])cc2)cs1. The van der Waals surface area contributed by atoms with Crippen LogP contribution in [0.5, 0.6) is 0 Å². The van der Waals surface area contributed by atoms with Gasteiger partial charge in [0, 0.05) is 30.6 Å². The van der Waals surface area contributed by atoms with Crippen molar-refractivity contribution < 1.29 is 4.92 Å². The van der Waals surface area contributed by atoms with Crippen LogP contribution in [0.25, 0.3) is 0 Å². The lowest BCUT2D eigenvalue weighted by Gasteiger charge is -2.02. The number of non-ortho nitro benzene ring substituents is 1. The molecule has 18 heavy (non-hydrogen) atoms. The number of hydrogen-bond donors (Lipinski definition) is 1. The highest BCUT2D eigenvalue weighted by atomic mass is 32.1. The Morgan fingerprint density at radius 2 is 2.06 bits per heavy atom. The number of aromatic nitrogens is 1. The first-order valence-corrected chi connectivity index (χ1v) is 6.38. The third-order valence-corrected chi connectivity index (χ3v) is 3.27. The van der Waals surface area contributed by atoms with E-state index in [2.05, 4.69) is 10.3 Å². The molecule has 1 N–H and O–H groups in total. The van der Waals surface area contributed by atoms with E-state index in [0.29, 0.717) is 13.1 Å². The molecule has 0 aliphatic rings. The molecule has 2 aromatic rings. The van der Waals surface area contributed by atoms with E-state index in [0.717, 1.165) is 16.3 Å². The highest BCUT2D eigenvalue weighted by Gasteiger charge is 2.03. The Kier molecular flexibility index (Phi) is 4.01. The molecule has 0 saturated heterocycles. The smallest absolute Gasteiger partial charge is 0.269 e. The van der Waals surface area contributed by atoms with Crippen LogP contribution in [0.15, 0.2) is 29.6 Å². The van der Waals surface area contributed by atoms with Gasteiger partial charge >= 0.3 is 0 Å². The number of nitro groups is 1. The predicted molar refractivity (Wildman–Crippen MR) is 70.5 cm³/mol. The molecule has 5 nitrogen and oxygen atoms in total. The molecule has 0 amide bonds. The van der Waals surface area contributed by atoms with Crippen LogP contribution in [0.1, 0.15) is 16.3 Å². The first-order chi connectivity index (χ1) is 8.65. The fraction of sp³-hybridized carbons (Fsp3) is 0.250. The summed E-state index contributed by atoms with van der Waals surface area (Å²) in [4.78, 5) is 14.4. The van der Waals surface area contributed by atoms with Crippen LogP contribution in [0.2, 0.25) is 0 Å². The molecule has 1 heterocycles. The first kappa shape index (κ1) is 12.7. The molecule has 94 valence electrons. The van der Waals surface area contributed by atoms with E-state index in [4.69, 9.17) is 0 Å². The molecule has 0 spiro atoms. The second kappa shape index (κ2) is 5.70. The third kappa shape index (κ3) is 3.35. The van der Waals surface area contributed by atoms with E-state index in [1.807, 2.05) is 12.3 Å². The molecule has 1 aromatic carbocycles. The second-order valence-electron chi connectivity index (χ2n) is 3.88. The van der Waals surface area contributed by atoms with E-state index < -0.39 is 4.92 Å². The van der Waals surface area contributed by atoms with E-state index in [-0.39, 0.29) is 5.69 Å². The van der Waals surface area contributed by atoms with E-state index in [1.54, 1.807) is 23.5 Å². The standard InChI is InChI=1S/C12H13N3O2S/c1-9-14-11(8-18-9)7-13-6-10-2-4-12(5-3-10)15(16)17/h2-5,8,13H,6-7H2,1H3. The molecular formula is C12H13N3O2S. The number of rotatable bonds is 5. The summed E-state index contributed by atoms with van der Waals surface area (Å²) in [6.07, 6.45) is 0. The second-order valence-corrected chi connectivity index (χ2v) is 4.95. The molecule has 0 radical (unpaired) electrons. The average Bonchev–Trinajstić information content (AvgIpc) is 2.76. The maximum Gasteiger partial charge on any atom is 0.269 e. The molecule has 0 bridgehead atoms. The lowest BCUT2D eigenvalue weighted by atomic mass is 10.2. The zero-order valence-electron chi connectivity index (χ0n) is 9.92. The van der Waals surface area contributed by atoms with Gasteiger partial charge in [-0.15, -0.1) is 11.3 Å². The van der Waals surface area contributed by atoms with Crippen molar-refractivity contribution in [2.45, 2.75) is 20.0 Å². The number of hydrogen-bond acceptors (Lipinski definition) is 5. The minimum absolute atomic E-state index is 0.119. The van der Waals surface area contributed by atoms with Gasteiger partial charge in [-0.25, -0.2) is 4.98 Å². The number of thiazole rings is 1. The van der Waals surface area contributed by atoms with Gasteiger partial charge in [0.1, 0.15) is 0 Å². The van der Waals surface area contributed by atoms with Gasteiger partial charge in [-0.2, -0.15) is 0 Å². The van der Waals surface area contributed by atoms with Gasteiger partial charge < -0.3 is 5.32 Å². The summed E-state index contributed by atoms with van der Waals surface area (Å²) >= 11 is 1.63. The molecule has 6 heteroatoms. The summed E-state index contributed by atoms with van der Waals surface area (Å²) in [5.74, 6) is 0. The highest BCUT2D eigenvalue weighted by molar-refractivity contribution is 7.09. The summed E-state index contributed by atoms with van der Waals surface area (Å²) in [6, 6.07) is 6.56. The van der Waals surface area contributed by atoms with Gasteiger partial charge in [-0.3, -0.25) is 10.1 Å². The van der Waals surface area contributed by atoms with Crippen LogP contribution < -0.4 is 5.32 Å². The Bertz CT molecular complexity index is 537. The molecule has 0 atom stereocenters. The van der Waals surface area contributed by atoms with E-state index in [9.17, 15) is 10.1 Å². The van der Waals surface area contributed by atoms with Gasteiger partial charge in [-0.05, 0) is 12.5 Å². The van der Waals surface area contributed by atoms with Crippen molar-refractivity contribution in [3.63, 3.8) is 0 Å². The van der Waals surface area contributed by atoms with Crippen LogP contribution in [-0.2, 0) is 13.1 Å². The minimum Gasteiger partial charge on any atom is -0.307 e. The number of nitro benzene ring substituents is 1. The zero-order valence-corrected chi connectivity index (χ0v) is 10.7. The Labute approximate surface area is 109 Å². The van der Waals surface area contributed by atoms with Crippen molar-refractivity contribution in [3.05, 3.63) is 56.0 Å². The molecule has 2 rings (SSSR count). The Morgan fingerprint density at radius 1 is 1.33 bits per heavy atom. The molecule has 0 fully saturated rings. The molecule has 0 aliphatic carbocycles. The summed E-state index contributed by atoms with van der Waals surface area (Å²) in [6.45, 7) is 3.36. The van der Waals surface area contributed by atoms with Crippen molar-refractivity contribution in [2.24, 2.45) is 0 Å². The number of aryl methyl sites for hydroxylation is 1. The van der Waals surface area contributed by atoms with Crippen LogP contribution >= 0.6 is 11.3 Å². The van der Waals surface area contributed by atoms with E-state index in [1.165, 1.54) is 12.1 Å². The van der Waals surface area contributed by atoms with Gasteiger partial charge in [0.05, 0.1) is 15.6 Å². The van der Waals surface area contributed by atoms with Crippen molar-refractivity contribution in [2.75, 3.05) is 0 Å². The van der Waals surface area contributed by atoms with Gasteiger partial charge in [0.15, 0.2) is 0 Å². The monoisotopic (exact) mass is 263 g/mol. The molecule has 0 aliphatic heterocycles. The number of nitrogens with zero attached hydrogens (tertiary/aromatic N) is 2. The van der Waals surface area contributed by atoms with Gasteiger partial charge in [0.2, 0.25) is 0 Å². The summed E-state index contributed by atoms with van der Waals surface area (Å²) in [5.41, 5.74) is 2.17. The van der Waals surface area contributed by atoms with Crippen molar-refractivity contribution in [1.82, 2.24) is 10.3 Å². The third-order valence-electron chi connectivity index (χ3n) is 2.45. The van der Waals surface area contributed by atoms with Crippen molar-refractivity contribution in [3.8, 4) is 0 Å². The lowest BCUT2D eigenvalue weighted by molar-refractivity contribution is -0.384. The molecule has 1 aromatic heterocycles. The number of benzene rings is 1. The Morgan fingerprint density at radius 3 is 2.61 bits per heavy atom. The van der Waals surface area contributed by atoms with Crippen LogP contribution in [-0.4, -0.2) is 9.91 Å². The summed E-state index contributed by atoms with van der Waals surface area (Å²) < 4.78 is 0. The average molecular weight is 263 g/mol. The van der Waals surface area contributed by atoms with Crippen LogP contribution in [0, 0.1) is 17.0 Å². The largest absolute Gasteiger partial charge is 0.307 e. The van der Waals surface area contributed by atoms with Gasteiger partial charge in [-0.1, -0.05) is 12.1 Å². The Hall–Kier alpha value is -1.79. The number of nitrogens with one attached hydrogen (secondary N) is 1. The van der Waals surface area contributed by atoms with Crippen molar-refractivity contribution >= 4 is 17.0 Å². The normalized spacial score (nSPS) is 10.5. The first-order valence-electron chi connectivity index (χ1n) is 5.50.